The van der Waals surface area contributed by atoms with E-state index >= 15 is 0 Å². The van der Waals surface area contributed by atoms with E-state index in [9.17, 15) is 9.90 Å². The number of aromatic carboxylic acids is 1. The van der Waals surface area contributed by atoms with Crippen molar-refractivity contribution in [1.82, 2.24) is 4.98 Å². The van der Waals surface area contributed by atoms with Gasteiger partial charge in [0.25, 0.3) is 0 Å². The smallest absolute Gasteiger partial charge is 0.347 e. The monoisotopic (exact) mass is 267 g/mol. The van der Waals surface area contributed by atoms with E-state index < -0.39 is 5.97 Å². The molecule has 0 spiro atoms. The molecule has 0 aliphatic heterocycles. The van der Waals surface area contributed by atoms with Crippen molar-refractivity contribution in [2.45, 2.75) is 64.2 Å². The average molecular weight is 267 g/mol. The highest BCUT2D eigenvalue weighted by atomic mass is 32.1. The fourth-order valence-electron chi connectivity index (χ4n) is 2.51. The van der Waals surface area contributed by atoms with Crippen LogP contribution in [0.2, 0.25) is 0 Å². The van der Waals surface area contributed by atoms with Crippen LogP contribution in [0.1, 0.15) is 79.2 Å². The second-order valence-corrected chi connectivity index (χ2v) is 7.15. The minimum absolute atomic E-state index is 0.197. The van der Waals surface area contributed by atoms with Gasteiger partial charge < -0.3 is 5.11 Å². The molecule has 4 heteroatoms. The van der Waals surface area contributed by atoms with Gasteiger partial charge >= 0.3 is 5.97 Å². The topological polar surface area (TPSA) is 50.2 Å². The second-order valence-electron chi connectivity index (χ2n) is 6.12. The van der Waals surface area contributed by atoms with Crippen molar-refractivity contribution in [2.75, 3.05) is 0 Å². The number of carboxylic acids is 1. The van der Waals surface area contributed by atoms with E-state index in [2.05, 4.69) is 4.98 Å². The summed E-state index contributed by atoms with van der Waals surface area (Å²) in [5.74, 6) is -0.350. The summed E-state index contributed by atoms with van der Waals surface area (Å²) in [6, 6.07) is 0. The summed E-state index contributed by atoms with van der Waals surface area (Å²) in [5, 5.41) is 10.4. The molecule has 1 fully saturated rings. The molecule has 1 saturated carbocycles. The van der Waals surface area contributed by atoms with E-state index in [-0.39, 0.29) is 5.41 Å². The summed E-state index contributed by atoms with van der Waals surface area (Å²) in [6.45, 7) is 6.08. The van der Waals surface area contributed by atoms with Crippen LogP contribution in [0, 0.1) is 0 Å². The fourth-order valence-corrected chi connectivity index (χ4v) is 3.80. The molecule has 0 aromatic carbocycles. The molecular weight excluding hydrogens is 246 g/mol. The Hall–Kier alpha value is -0.900. The Balaban J connectivity index is 2.35. The van der Waals surface area contributed by atoms with Crippen LogP contribution in [0.15, 0.2) is 0 Å². The summed E-state index contributed by atoms with van der Waals surface area (Å²) < 4.78 is 0. The molecule has 1 heterocycles. The highest BCUT2D eigenvalue weighted by molar-refractivity contribution is 7.13. The summed E-state index contributed by atoms with van der Waals surface area (Å²) >= 11 is 1.39. The van der Waals surface area contributed by atoms with Crippen LogP contribution < -0.4 is 0 Å². The Morgan fingerprint density at radius 3 is 2.33 bits per heavy atom. The molecular formula is C14H21NO2S. The van der Waals surface area contributed by atoms with Crippen LogP contribution in [0.4, 0.5) is 0 Å². The predicted octanol–water partition coefficient (Wildman–Crippen LogP) is 4.19. The van der Waals surface area contributed by atoms with Gasteiger partial charge in [-0.05, 0) is 12.8 Å². The van der Waals surface area contributed by atoms with Crippen molar-refractivity contribution in [1.29, 1.82) is 0 Å². The van der Waals surface area contributed by atoms with Gasteiger partial charge in [0.15, 0.2) is 0 Å². The molecule has 0 saturated heterocycles. The number of carbonyl (C=O) groups is 1. The number of nitrogens with zero attached hydrogens (tertiary/aromatic N) is 1. The Kier molecular flexibility index (Phi) is 3.76. The van der Waals surface area contributed by atoms with Crippen LogP contribution in [-0.2, 0) is 5.41 Å². The van der Waals surface area contributed by atoms with Crippen LogP contribution in [-0.4, -0.2) is 16.1 Å². The molecule has 1 aliphatic carbocycles. The molecule has 1 aromatic rings. The molecule has 0 radical (unpaired) electrons. The molecule has 1 aliphatic rings. The zero-order valence-corrected chi connectivity index (χ0v) is 12.1. The van der Waals surface area contributed by atoms with E-state index in [0.717, 1.165) is 23.5 Å². The van der Waals surface area contributed by atoms with Crippen LogP contribution >= 0.6 is 11.3 Å². The molecule has 1 N–H and O–H groups in total. The van der Waals surface area contributed by atoms with E-state index in [1.807, 2.05) is 20.8 Å². The Morgan fingerprint density at radius 2 is 1.89 bits per heavy atom. The standard InChI is InChI=1S/C14H21NO2S/c1-14(2,3)11-10(13(16)17)18-12(15-11)9-7-5-4-6-8-9/h9H,4-8H2,1-3H3,(H,16,17). The Labute approximate surface area is 112 Å². The van der Waals surface area contributed by atoms with Gasteiger partial charge in [-0.25, -0.2) is 9.78 Å². The van der Waals surface area contributed by atoms with Gasteiger partial charge in [0.1, 0.15) is 4.88 Å². The maximum Gasteiger partial charge on any atom is 0.347 e. The SMILES string of the molecule is CC(C)(C)c1nc(C2CCCCC2)sc1C(=O)O. The van der Waals surface area contributed by atoms with E-state index in [1.165, 1.54) is 30.6 Å². The Bertz CT molecular complexity index is 439. The number of hydrogen-bond donors (Lipinski definition) is 1. The first-order chi connectivity index (χ1) is 8.39. The lowest BCUT2D eigenvalue weighted by Gasteiger charge is -2.19. The number of carboxylic acid groups (broad SMARTS) is 1. The highest BCUT2D eigenvalue weighted by Gasteiger charge is 2.29. The molecule has 2 rings (SSSR count). The number of rotatable bonds is 2. The van der Waals surface area contributed by atoms with Gasteiger partial charge in [-0.3, -0.25) is 0 Å². The molecule has 18 heavy (non-hydrogen) atoms. The number of aromatic nitrogens is 1. The first kappa shape index (κ1) is 13.5. The zero-order valence-electron chi connectivity index (χ0n) is 11.3. The first-order valence-electron chi connectivity index (χ1n) is 6.64. The molecule has 0 bridgehead atoms. The quantitative estimate of drug-likeness (QED) is 0.874. The van der Waals surface area contributed by atoms with Gasteiger partial charge in [-0.2, -0.15) is 0 Å². The number of hydrogen-bond acceptors (Lipinski definition) is 3. The van der Waals surface area contributed by atoms with E-state index in [0.29, 0.717) is 10.8 Å². The maximum atomic E-state index is 11.3. The largest absolute Gasteiger partial charge is 0.477 e. The minimum atomic E-state index is -0.834. The summed E-state index contributed by atoms with van der Waals surface area (Å²) in [5.41, 5.74) is 0.553. The normalized spacial score (nSPS) is 17.9. The van der Waals surface area contributed by atoms with Crippen molar-refractivity contribution < 1.29 is 9.90 Å². The van der Waals surface area contributed by atoms with Crippen molar-refractivity contribution in [3.05, 3.63) is 15.6 Å². The van der Waals surface area contributed by atoms with Gasteiger partial charge in [0.2, 0.25) is 0 Å². The van der Waals surface area contributed by atoms with Gasteiger partial charge in [0, 0.05) is 11.3 Å². The third kappa shape index (κ3) is 2.74. The minimum Gasteiger partial charge on any atom is -0.477 e. The van der Waals surface area contributed by atoms with Crippen molar-refractivity contribution >= 4 is 17.3 Å². The molecule has 0 atom stereocenters. The third-order valence-electron chi connectivity index (χ3n) is 3.50. The Morgan fingerprint density at radius 1 is 1.28 bits per heavy atom. The van der Waals surface area contributed by atoms with E-state index in [4.69, 9.17) is 0 Å². The average Bonchev–Trinajstić information content (AvgIpc) is 2.74. The molecule has 100 valence electrons. The summed E-state index contributed by atoms with van der Waals surface area (Å²) in [6.07, 6.45) is 6.13. The lowest BCUT2D eigenvalue weighted by atomic mass is 9.89. The maximum absolute atomic E-state index is 11.3. The zero-order chi connectivity index (χ0) is 13.3. The fraction of sp³-hybridized carbons (Fsp3) is 0.714. The van der Waals surface area contributed by atoms with Gasteiger partial charge in [0.05, 0.1) is 10.7 Å². The second kappa shape index (κ2) is 5.00. The van der Waals surface area contributed by atoms with E-state index in [1.54, 1.807) is 0 Å². The number of thiazole rings is 1. The van der Waals surface area contributed by atoms with Crippen LogP contribution in [0.3, 0.4) is 0 Å². The predicted molar refractivity (Wildman–Crippen MR) is 73.6 cm³/mol. The highest BCUT2D eigenvalue weighted by Crippen LogP contribution is 2.38. The van der Waals surface area contributed by atoms with Gasteiger partial charge in [-0.15, -0.1) is 11.3 Å². The van der Waals surface area contributed by atoms with Crippen molar-refractivity contribution in [3.63, 3.8) is 0 Å². The van der Waals surface area contributed by atoms with Gasteiger partial charge in [-0.1, -0.05) is 40.0 Å². The molecule has 3 nitrogen and oxygen atoms in total. The lowest BCUT2D eigenvalue weighted by molar-refractivity contribution is 0.0699. The van der Waals surface area contributed by atoms with Crippen LogP contribution in [0.25, 0.3) is 0 Å². The third-order valence-corrected chi connectivity index (χ3v) is 4.71. The lowest BCUT2D eigenvalue weighted by Crippen LogP contribution is -2.16. The molecule has 0 unspecified atom stereocenters. The first-order valence-corrected chi connectivity index (χ1v) is 7.45. The van der Waals surface area contributed by atoms with Crippen LogP contribution in [0.5, 0.6) is 0 Å². The summed E-state index contributed by atoms with van der Waals surface area (Å²) in [7, 11) is 0. The van der Waals surface area contributed by atoms with Crippen molar-refractivity contribution in [3.8, 4) is 0 Å². The molecule has 0 amide bonds. The molecule has 1 aromatic heterocycles. The van der Waals surface area contributed by atoms with Crippen molar-refractivity contribution in [2.24, 2.45) is 0 Å². The summed E-state index contributed by atoms with van der Waals surface area (Å²) in [4.78, 5) is 16.4.